The molecule has 0 spiro atoms. The molecule has 1 aliphatic heterocycles. The fourth-order valence-corrected chi connectivity index (χ4v) is 3.46. The Hall–Kier alpha value is -1.66. The van der Waals surface area contributed by atoms with E-state index in [2.05, 4.69) is 20.9 Å². The van der Waals surface area contributed by atoms with E-state index in [0.29, 0.717) is 25.3 Å². The molecule has 1 fully saturated rings. The van der Waals surface area contributed by atoms with E-state index in [1.54, 1.807) is 0 Å². The molecular weight excluding hydrogens is 370 g/mol. The molecule has 0 bridgehead atoms. The van der Waals surface area contributed by atoms with Crippen LogP contribution in [-0.2, 0) is 11.2 Å². The van der Waals surface area contributed by atoms with Gasteiger partial charge in [-0.05, 0) is 31.9 Å². The van der Waals surface area contributed by atoms with Crippen LogP contribution in [-0.4, -0.2) is 34.9 Å². The Kier molecular flexibility index (Phi) is 5.36. The number of nitrogens with two attached hydrogens (primary N) is 1. The molecule has 1 saturated heterocycles. The minimum Gasteiger partial charge on any atom is -0.440 e. The van der Waals surface area contributed by atoms with Gasteiger partial charge in [0.2, 0.25) is 5.91 Å². The number of likely N-dealkylation sites (tertiary alicyclic amines) is 1. The lowest BCUT2D eigenvalue weighted by Crippen LogP contribution is -2.40. The summed E-state index contributed by atoms with van der Waals surface area (Å²) in [6.07, 6.45) is 2.98. The predicted octanol–water partition coefficient (Wildman–Crippen LogP) is 3.29. The number of oxazole rings is 1. The summed E-state index contributed by atoms with van der Waals surface area (Å²) in [6.45, 7) is 3.28. The van der Waals surface area contributed by atoms with Gasteiger partial charge in [-0.2, -0.15) is 0 Å². The summed E-state index contributed by atoms with van der Waals surface area (Å²) in [7, 11) is 0. The quantitative estimate of drug-likeness (QED) is 0.848. The van der Waals surface area contributed by atoms with E-state index in [0.717, 1.165) is 40.9 Å². The van der Waals surface area contributed by atoms with Gasteiger partial charge in [0.15, 0.2) is 11.7 Å². The van der Waals surface area contributed by atoms with Crippen LogP contribution in [0.25, 0.3) is 11.3 Å². The van der Waals surface area contributed by atoms with Gasteiger partial charge >= 0.3 is 0 Å². The number of carbonyl (C=O) groups excluding carboxylic acids is 1. The van der Waals surface area contributed by atoms with Crippen molar-refractivity contribution in [1.82, 2.24) is 9.88 Å². The lowest BCUT2D eigenvalue weighted by atomic mass is 10.1. The first-order chi connectivity index (χ1) is 11.6. The summed E-state index contributed by atoms with van der Waals surface area (Å²) in [5.74, 6) is 1.53. The van der Waals surface area contributed by atoms with Crippen molar-refractivity contribution in [3.8, 4) is 11.3 Å². The molecule has 2 N–H and O–H groups in total. The standard InChI is InChI=1S/C18H22BrN3O2/c1-12-18(13-4-6-14(19)7-5-13)24-16(21-12)8-9-17(23)22-10-2-3-15(22)11-20/h4-7,15H,2-3,8-11,20H2,1H3. The third kappa shape index (κ3) is 3.70. The monoisotopic (exact) mass is 391 g/mol. The molecule has 24 heavy (non-hydrogen) atoms. The molecule has 3 rings (SSSR count). The van der Waals surface area contributed by atoms with E-state index in [-0.39, 0.29) is 11.9 Å². The number of halogens is 1. The molecule has 0 radical (unpaired) electrons. The molecule has 0 saturated carbocycles. The summed E-state index contributed by atoms with van der Waals surface area (Å²) >= 11 is 3.43. The van der Waals surface area contributed by atoms with Crippen molar-refractivity contribution in [3.05, 3.63) is 40.3 Å². The highest BCUT2D eigenvalue weighted by Gasteiger charge is 2.27. The maximum atomic E-state index is 12.4. The average molecular weight is 392 g/mol. The molecule has 1 aromatic heterocycles. The summed E-state index contributed by atoms with van der Waals surface area (Å²) in [4.78, 5) is 18.8. The second-order valence-electron chi connectivity index (χ2n) is 6.15. The number of nitrogens with zero attached hydrogens (tertiary/aromatic N) is 2. The average Bonchev–Trinajstić information content (AvgIpc) is 3.20. The van der Waals surface area contributed by atoms with Crippen LogP contribution < -0.4 is 5.73 Å². The molecule has 1 aromatic carbocycles. The lowest BCUT2D eigenvalue weighted by Gasteiger charge is -2.23. The summed E-state index contributed by atoms with van der Waals surface area (Å²) < 4.78 is 6.91. The van der Waals surface area contributed by atoms with Gasteiger partial charge in [-0.1, -0.05) is 28.1 Å². The largest absolute Gasteiger partial charge is 0.440 e. The molecule has 2 aromatic rings. The van der Waals surface area contributed by atoms with Crippen LogP contribution >= 0.6 is 15.9 Å². The number of rotatable bonds is 5. The van der Waals surface area contributed by atoms with Crippen molar-refractivity contribution in [3.63, 3.8) is 0 Å². The molecule has 1 atom stereocenters. The van der Waals surface area contributed by atoms with E-state index in [4.69, 9.17) is 10.2 Å². The van der Waals surface area contributed by atoms with Crippen molar-refractivity contribution in [1.29, 1.82) is 0 Å². The molecule has 1 amide bonds. The highest BCUT2D eigenvalue weighted by Crippen LogP contribution is 2.26. The molecular formula is C18H22BrN3O2. The third-order valence-electron chi connectivity index (χ3n) is 4.47. The summed E-state index contributed by atoms with van der Waals surface area (Å²) in [5.41, 5.74) is 7.58. The van der Waals surface area contributed by atoms with E-state index < -0.39 is 0 Å². The first kappa shape index (κ1) is 17.2. The van der Waals surface area contributed by atoms with Gasteiger partial charge in [0.05, 0.1) is 5.69 Å². The number of benzene rings is 1. The molecule has 2 heterocycles. The van der Waals surface area contributed by atoms with Gasteiger partial charge < -0.3 is 15.1 Å². The Balaban J connectivity index is 1.65. The molecule has 1 aliphatic rings. The van der Waals surface area contributed by atoms with E-state index in [9.17, 15) is 4.79 Å². The van der Waals surface area contributed by atoms with Gasteiger partial charge in [-0.15, -0.1) is 0 Å². The molecule has 6 heteroatoms. The van der Waals surface area contributed by atoms with Gasteiger partial charge in [-0.3, -0.25) is 4.79 Å². The molecule has 5 nitrogen and oxygen atoms in total. The topological polar surface area (TPSA) is 72.4 Å². The maximum Gasteiger partial charge on any atom is 0.223 e. The van der Waals surface area contributed by atoms with Crippen molar-refractivity contribution in [2.75, 3.05) is 13.1 Å². The number of amides is 1. The zero-order chi connectivity index (χ0) is 17.1. The van der Waals surface area contributed by atoms with Crippen LogP contribution in [0, 0.1) is 6.92 Å². The van der Waals surface area contributed by atoms with E-state index in [1.807, 2.05) is 36.1 Å². The van der Waals surface area contributed by atoms with Gasteiger partial charge in [0, 0.05) is 42.0 Å². The highest BCUT2D eigenvalue weighted by atomic mass is 79.9. The van der Waals surface area contributed by atoms with Gasteiger partial charge in [0.25, 0.3) is 0 Å². The zero-order valence-corrected chi connectivity index (χ0v) is 15.4. The van der Waals surface area contributed by atoms with Crippen LogP contribution in [0.5, 0.6) is 0 Å². The first-order valence-electron chi connectivity index (χ1n) is 8.30. The fraction of sp³-hybridized carbons (Fsp3) is 0.444. The Labute approximate surface area is 150 Å². The number of aromatic nitrogens is 1. The second-order valence-corrected chi connectivity index (χ2v) is 7.06. The van der Waals surface area contributed by atoms with Crippen LogP contribution in [0.1, 0.15) is 30.8 Å². The Morgan fingerprint density at radius 2 is 2.17 bits per heavy atom. The van der Waals surface area contributed by atoms with E-state index in [1.165, 1.54) is 0 Å². The van der Waals surface area contributed by atoms with Crippen LogP contribution in [0.3, 0.4) is 0 Å². The summed E-state index contributed by atoms with van der Waals surface area (Å²) in [5, 5.41) is 0. The number of hydrogen-bond donors (Lipinski definition) is 1. The number of carbonyl (C=O) groups is 1. The number of hydrogen-bond acceptors (Lipinski definition) is 4. The minimum atomic E-state index is 0.143. The Bertz CT molecular complexity index is 712. The zero-order valence-electron chi connectivity index (χ0n) is 13.8. The van der Waals surface area contributed by atoms with Crippen molar-refractivity contribution >= 4 is 21.8 Å². The lowest BCUT2D eigenvalue weighted by molar-refractivity contribution is -0.131. The molecule has 0 aliphatic carbocycles. The minimum absolute atomic E-state index is 0.143. The summed E-state index contributed by atoms with van der Waals surface area (Å²) in [6, 6.07) is 8.12. The molecule has 1 unspecified atom stereocenters. The van der Waals surface area contributed by atoms with Crippen molar-refractivity contribution in [2.24, 2.45) is 5.73 Å². The van der Waals surface area contributed by atoms with E-state index >= 15 is 0 Å². The third-order valence-corrected chi connectivity index (χ3v) is 5.00. The first-order valence-corrected chi connectivity index (χ1v) is 9.09. The number of aryl methyl sites for hydroxylation is 2. The van der Waals surface area contributed by atoms with Crippen molar-refractivity contribution < 1.29 is 9.21 Å². The second kappa shape index (κ2) is 7.49. The van der Waals surface area contributed by atoms with Crippen LogP contribution in [0.2, 0.25) is 0 Å². The SMILES string of the molecule is Cc1nc(CCC(=O)N2CCCC2CN)oc1-c1ccc(Br)cc1. The predicted molar refractivity (Wildman–Crippen MR) is 96.5 cm³/mol. The van der Waals surface area contributed by atoms with Crippen molar-refractivity contribution in [2.45, 2.75) is 38.6 Å². The highest BCUT2D eigenvalue weighted by molar-refractivity contribution is 9.10. The van der Waals surface area contributed by atoms with Crippen LogP contribution in [0.4, 0.5) is 0 Å². The van der Waals surface area contributed by atoms with Gasteiger partial charge in [-0.25, -0.2) is 4.98 Å². The normalized spacial score (nSPS) is 17.5. The Morgan fingerprint density at radius 1 is 1.42 bits per heavy atom. The maximum absolute atomic E-state index is 12.4. The Morgan fingerprint density at radius 3 is 2.88 bits per heavy atom. The fourth-order valence-electron chi connectivity index (χ4n) is 3.19. The molecule has 128 valence electrons. The van der Waals surface area contributed by atoms with Gasteiger partial charge in [0.1, 0.15) is 0 Å². The van der Waals surface area contributed by atoms with Crippen LogP contribution in [0.15, 0.2) is 33.2 Å². The smallest absolute Gasteiger partial charge is 0.223 e.